The van der Waals surface area contributed by atoms with Gasteiger partial charge < -0.3 is 15.4 Å². The number of rotatable bonds is 3. The number of carbonyl (C=O) groups excluding carboxylic acids is 1. The topological polar surface area (TPSA) is 98.5 Å². The monoisotopic (exact) mass is 351 g/mol. The Hall–Kier alpha value is -3.44. The second-order valence-corrected chi connectivity index (χ2v) is 5.49. The third-order valence-corrected chi connectivity index (χ3v) is 3.68. The summed E-state index contributed by atoms with van der Waals surface area (Å²) in [5.74, 6) is 0.322. The molecule has 0 fully saturated rings. The smallest absolute Gasteiger partial charge is 0.276 e. The van der Waals surface area contributed by atoms with Crippen molar-refractivity contribution in [2.45, 2.75) is 0 Å². The zero-order chi connectivity index (χ0) is 17.8. The predicted molar refractivity (Wildman–Crippen MR) is 98.7 cm³/mol. The van der Waals surface area contributed by atoms with E-state index < -0.39 is 0 Å². The van der Waals surface area contributed by atoms with Crippen molar-refractivity contribution in [3.8, 4) is 11.8 Å². The lowest BCUT2D eigenvalue weighted by Crippen LogP contribution is -2.27. The number of nitrogens with zero attached hydrogens (tertiary/aromatic N) is 2. The maximum Gasteiger partial charge on any atom is 0.276 e. The molecule has 0 aliphatic carbocycles. The molecule has 2 aromatic rings. The number of hydrogen-bond donors (Lipinski definition) is 3. The Morgan fingerprint density at radius 2 is 2.04 bits per heavy atom. The molecule has 7 nitrogen and oxygen atoms in total. The molecule has 0 bridgehead atoms. The molecule has 1 aliphatic rings. The van der Waals surface area contributed by atoms with Crippen LogP contribution >= 0.6 is 12.2 Å². The number of ether oxygens (including phenoxy) is 1. The molecule has 2 aromatic carbocycles. The fourth-order valence-electron chi connectivity index (χ4n) is 2.27. The van der Waals surface area contributed by atoms with Gasteiger partial charge in [0.05, 0.1) is 24.4 Å². The van der Waals surface area contributed by atoms with Crippen LogP contribution in [-0.2, 0) is 4.79 Å². The van der Waals surface area contributed by atoms with Crippen LogP contribution in [0.5, 0.6) is 5.75 Å². The summed E-state index contributed by atoms with van der Waals surface area (Å²) in [7, 11) is 1.56. The summed E-state index contributed by atoms with van der Waals surface area (Å²) in [6.45, 7) is 0. The summed E-state index contributed by atoms with van der Waals surface area (Å²) in [5.41, 5.74) is 5.45. The Morgan fingerprint density at radius 1 is 1.28 bits per heavy atom. The van der Waals surface area contributed by atoms with E-state index in [1.54, 1.807) is 49.6 Å². The van der Waals surface area contributed by atoms with E-state index in [1.165, 1.54) is 0 Å². The van der Waals surface area contributed by atoms with Crippen LogP contribution in [0.3, 0.4) is 0 Å². The van der Waals surface area contributed by atoms with Gasteiger partial charge in [0.15, 0.2) is 10.8 Å². The predicted octanol–water partition coefficient (Wildman–Crippen LogP) is 2.21. The first-order valence-electron chi connectivity index (χ1n) is 7.25. The number of thiocarbonyl (C=S) groups is 1. The number of nitriles is 1. The highest BCUT2D eigenvalue weighted by molar-refractivity contribution is 7.80. The molecule has 1 heterocycles. The lowest BCUT2D eigenvalue weighted by atomic mass is 10.1. The van der Waals surface area contributed by atoms with Crippen LogP contribution in [0.1, 0.15) is 11.1 Å². The summed E-state index contributed by atoms with van der Waals surface area (Å²) in [4.78, 5) is 12.1. The van der Waals surface area contributed by atoms with Gasteiger partial charge in [-0.3, -0.25) is 10.2 Å². The van der Waals surface area contributed by atoms with Gasteiger partial charge in [-0.05, 0) is 48.6 Å². The second kappa shape index (κ2) is 6.98. The average molecular weight is 351 g/mol. The molecule has 3 N–H and O–H groups in total. The average Bonchev–Trinajstić information content (AvgIpc) is 2.94. The minimum Gasteiger partial charge on any atom is -0.497 e. The number of hydrazone groups is 1. The van der Waals surface area contributed by atoms with Crippen molar-refractivity contribution >= 4 is 40.3 Å². The van der Waals surface area contributed by atoms with Crippen molar-refractivity contribution in [3.05, 3.63) is 53.6 Å². The molecule has 25 heavy (non-hydrogen) atoms. The number of nitrogens with one attached hydrogen (secondary N) is 3. The fraction of sp³-hybridized carbons (Fsp3) is 0.0588. The van der Waals surface area contributed by atoms with Crippen molar-refractivity contribution in [3.63, 3.8) is 0 Å². The lowest BCUT2D eigenvalue weighted by Gasteiger charge is -2.07. The first-order valence-corrected chi connectivity index (χ1v) is 7.66. The van der Waals surface area contributed by atoms with Gasteiger partial charge in [0.2, 0.25) is 0 Å². The molecule has 8 heteroatoms. The molecular formula is C17H13N5O2S. The molecule has 124 valence electrons. The van der Waals surface area contributed by atoms with Crippen molar-refractivity contribution in [2.24, 2.45) is 5.10 Å². The van der Waals surface area contributed by atoms with Gasteiger partial charge in [-0.25, -0.2) is 0 Å². The maximum atomic E-state index is 12.1. The van der Waals surface area contributed by atoms with E-state index in [0.717, 1.165) is 0 Å². The molecule has 0 spiro atoms. The van der Waals surface area contributed by atoms with Crippen molar-refractivity contribution in [1.29, 1.82) is 5.26 Å². The van der Waals surface area contributed by atoms with Crippen LogP contribution in [0.15, 0.2) is 47.6 Å². The highest BCUT2D eigenvalue weighted by Crippen LogP contribution is 2.27. The summed E-state index contributed by atoms with van der Waals surface area (Å²) >= 11 is 5.16. The zero-order valence-electron chi connectivity index (χ0n) is 13.2. The maximum absolute atomic E-state index is 12.1. The van der Waals surface area contributed by atoms with Crippen molar-refractivity contribution in [1.82, 2.24) is 5.43 Å². The van der Waals surface area contributed by atoms with Crippen LogP contribution in [0, 0.1) is 11.3 Å². The van der Waals surface area contributed by atoms with Crippen LogP contribution in [0.4, 0.5) is 11.4 Å². The molecule has 3 rings (SSSR count). The van der Waals surface area contributed by atoms with Gasteiger partial charge in [0.25, 0.3) is 5.91 Å². The quantitative estimate of drug-likeness (QED) is 0.579. The standard InChI is InChI=1S/C17H13N5O2S/c1-24-12-6-7-13-14(8-12)20-16(23)15(13)21-22-17(25)19-11-4-2-10(9-18)3-5-11/h2-8H,1H3,(H2,19,22,25)(H,20,21,23). The largest absolute Gasteiger partial charge is 0.497 e. The highest BCUT2D eigenvalue weighted by Gasteiger charge is 2.26. The van der Waals surface area contributed by atoms with Crippen molar-refractivity contribution < 1.29 is 9.53 Å². The van der Waals surface area contributed by atoms with Crippen LogP contribution in [-0.4, -0.2) is 23.8 Å². The third-order valence-electron chi connectivity index (χ3n) is 3.49. The summed E-state index contributed by atoms with van der Waals surface area (Å²) in [6.07, 6.45) is 0. The normalized spacial score (nSPS) is 13.6. The number of fused-ring (bicyclic) bond motifs is 1. The van der Waals surface area contributed by atoms with Gasteiger partial charge in [-0.2, -0.15) is 10.4 Å². The zero-order valence-corrected chi connectivity index (χ0v) is 14.0. The number of carbonyl (C=O) groups is 1. The molecular weight excluding hydrogens is 338 g/mol. The summed E-state index contributed by atoms with van der Waals surface area (Å²) < 4.78 is 5.13. The highest BCUT2D eigenvalue weighted by atomic mass is 32.1. The van der Waals surface area contributed by atoms with Crippen LogP contribution in [0.2, 0.25) is 0 Å². The molecule has 0 aromatic heterocycles. The SMILES string of the molecule is COc1ccc2c(c1)NC(=O)/C2=N\NC(=S)Nc1ccc(C#N)cc1. The van der Waals surface area contributed by atoms with Crippen molar-refractivity contribution in [2.75, 3.05) is 17.7 Å². The number of anilines is 2. The minimum absolute atomic E-state index is 0.229. The van der Waals surface area contributed by atoms with Gasteiger partial charge in [0.1, 0.15) is 5.75 Å². The molecule has 0 radical (unpaired) electrons. The first kappa shape index (κ1) is 16.4. The Kier molecular flexibility index (Phi) is 4.59. The number of methoxy groups -OCH3 is 1. The summed E-state index contributed by atoms with van der Waals surface area (Å²) in [6, 6.07) is 14.1. The second-order valence-electron chi connectivity index (χ2n) is 5.08. The van der Waals surface area contributed by atoms with E-state index in [0.29, 0.717) is 28.3 Å². The van der Waals surface area contributed by atoms with Gasteiger partial charge in [-0.15, -0.1) is 0 Å². The van der Waals surface area contributed by atoms with Gasteiger partial charge >= 0.3 is 0 Å². The Labute approximate surface area is 149 Å². The lowest BCUT2D eigenvalue weighted by molar-refractivity contribution is -0.110. The Morgan fingerprint density at radius 3 is 2.72 bits per heavy atom. The molecule has 0 saturated heterocycles. The molecule has 0 unspecified atom stereocenters. The first-order chi connectivity index (χ1) is 12.1. The number of amides is 1. The van der Waals surface area contributed by atoms with Crippen LogP contribution < -0.4 is 20.8 Å². The van der Waals surface area contributed by atoms with E-state index in [2.05, 4.69) is 21.2 Å². The van der Waals surface area contributed by atoms with Gasteiger partial charge in [-0.1, -0.05) is 0 Å². The molecule has 1 amide bonds. The fourth-order valence-corrected chi connectivity index (χ4v) is 2.43. The summed E-state index contributed by atoms with van der Waals surface area (Å²) in [5, 5.41) is 18.7. The van der Waals surface area contributed by atoms with E-state index in [1.807, 2.05) is 6.07 Å². The van der Waals surface area contributed by atoms with E-state index in [4.69, 9.17) is 22.2 Å². The minimum atomic E-state index is -0.322. The molecule has 0 atom stereocenters. The third kappa shape index (κ3) is 3.57. The number of benzene rings is 2. The van der Waals surface area contributed by atoms with Gasteiger partial charge in [0, 0.05) is 17.3 Å². The Balaban J connectivity index is 1.70. The Bertz CT molecular complexity index is 916. The molecule has 1 aliphatic heterocycles. The number of hydrogen-bond acceptors (Lipinski definition) is 5. The van der Waals surface area contributed by atoms with E-state index in [9.17, 15) is 4.79 Å². The van der Waals surface area contributed by atoms with Crippen LogP contribution in [0.25, 0.3) is 0 Å². The van der Waals surface area contributed by atoms with E-state index >= 15 is 0 Å². The molecule has 0 saturated carbocycles. The van der Waals surface area contributed by atoms with E-state index in [-0.39, 0.29) is 16.7 Å².